The van der Waals surface area contributed by atoms with Crippen LogP contribution in [0.3, 0.4) is 0 Å². The Morgan fingerprint density at radius 2 is 1.67 bits per heavy atom. The van der Waals surface area contributed by atoms with Crippen molar-refractivity contribution in [3.05, 3.63) is 0 Å². The van der Waals surface area contributed by atoms with Gasteiger partial charge in [0, 0.05) is 5.54 Å². The molecule has 0 radical (unpaired) electrons. The Morgan fingerprint density at radius 3 is 2.14 bits per heavy atom. The molecule has 0 bridgehead atoms. The fraction of sp³-hybridized carbons (Fsp3) is 1.00. The topological polar surface area (TPSA) is 38.7 Å². The van der Waals surface area contributed by atoms with E-state index in [9.17, 15) is 5.11 Å². The van der Waals surface area contributed by atoms with Crippen LogP contribution in [-0.4, -0.2) is 73.9 Å². The summed E-state index contributed by atoms with van der Waals surface area (Å²) in [6, 6.07) is 0. The van der Waals surface area contributed by atoms with Crippen LogP contribution in [0.5, 0.6) is 0 Å². The van der Waals surface area contributed by atoms with Crippen LogP contribution in [0.2, 0.25) is 0 Å². The molecule has 0 saturated heterocycles. The van der Waals surface area contributed by atoms with Crippen molar-refractivity contribution in [2.45, 2.75) is 58.4 Å². The molecule has 0 aliphatic rings. The standard InChI is InChI=1S/C17H39N3O/c1-6-12-18-17(7-2,16-21)11-9-14-20(8-3)15-10-13-19(4)5/h18,21H,6-16H2,1-5H3. The van der Waals surface area contributed by atoms with Crippen molar-refractivity contribution in [3.8, 4) is 0 Å². The number of rotatable bonds is 14. The molecule has 0 aromatic heterocycles. The van der Waals surface area contributed by atoms with Crippen molar-refractivity contribution in [1.29, 1.82) is 0 Å². The number of hydrogen-bond acceptors (Lipinski definition) is 4. The van der Waals surface area contributed by atoms with Gasteiger partial charge in [-0.05, 0) is 78.9 Å². The highest BCUT2D eigenvalue weighted by atomic mass is 16.3. The van der Waals surface area contributed by atoms with Crippen LogP contribution in [-0.2, 0) is 0 Å². The summed E-state index contributed by atoms with van der Waals surface area (Å²) >= 11 is 0. The van der Waals surface area contributed by atoms with Crippen molar-refractivity contribution in [2.24, 2.45) is 0 Å². The van der Waals surface area contributed by atoms with E-state index < -0.39 is 0 Å². The van der Waals surface area contributed by atoms with E-state index in [-0.39, 0.29) is 12.1 Å². The van der Waals surface area contributed by atoms with Gasteiger partial charge < -0.3 is 20.2 Å². The molecule has 2 N–H and O–H groups in total. The largest absolute Gasteiger partial charge is 0.394 e. The predicted molar refractivity (Wildman–Crippen MR) is 92.9 cm³/mol. The fourth-order valence-corrected chi connectivity index (χ4v) is 2.71. The van der Waals surface area contributed by atoms with Crippen LogP contribution in [0.4, 0.5) is 0 Å². The summed E-state index contributed by atoms with van der Waals surface area (Å²) in [5.41, 5.74) is -0.0704. The molecular formula is C17H39N3O. The molecule has 4 heteroatoms. The minimum Gasteiger partial charge on any atom is -0.394 e. The lowest BCUT2D eigenvalue weighted by atomic mass is 9.91. The summed E-state index contributed by atoms with van der Waals surface area (Å²) in [5, 5.41) is 13.3. The number of aliphatic hydroxyl groups excluding tert-OH is 1. The molecule has 1 atom stereocenters. The van der Waals surface area contributed by atoms with Gasteiger partial charge in [-0.25, -0.2) is 0 Å². The zero-order chi connectivity index (χ0) is 16.1. The first-order valence-electron chi connectivity index (χ1n) is 8.76. The first-order chi connectivity index (χ1) is 10.0. The molecule has 0 aliphatic heterocycles. The van der Waals surface area contributed by atoms with Crippen LogP contribution in [0.15, 0.2) is 0 Å². The first kappa shape index (κ1) is 20.8. The van der Waals surface area contributed by atoms with Crippen LogP contribution < -0.4 is 5.32 Å². The smallest absolute Gasteiger partial charge is 0.0613 e. The van der Waals surface area contributed by atoms with Crippen LogP contribution in [0.1, 0.15) is 52.9 Å². The number of nitrogens with zero attached hydrogens (tertiary/aromatic N) is 2. The van der Waals surface area contributed by atoms with Gasteiger partial charge in [0.1, 0.15) is 0 Å². The summed E-state index contributed by atoms with van der Waals surface area (Å²) in [6.45, 7) is 12.4. The first-order valence-corrected chi connectivity index (χ1v) is 8.76. The van der Waals surface area contributed by atoms with Gasteiger partial charge in [-0.2, -0.15) is 0 Å². The molecule has 128 valence electrons. The second kappa shape index (κ2) is 12.4. The Hall–Kier alpha value is -0.160. The molecule has 0 aromatic rings. The van der Waals surface area contributed by atoms with E-state index in [0.29, 0.717) is 0 Å². The van der Waals surface area contributed by atoms with E-state index in [1.54, 1.807) is 0 Å². The Bertz CT molecular complexity index is 230. The van der Waals surface area contributed by atoms with Crippen molar-refractivity contribution in [2.75, 3.05) is 53.4 Å². The lowest BCUT2D eigenvalue weighted by molar-refractivity contribution is 0.138. The SMILES string of the molecule is CCCNC(CC)(CO)CCCN(CC)CCCN(C)C. The van der Waals surface area contributed by atoms with Crippen LogP contribution >= 0.6 is 0 Å². The highest BCUT2D eigenvalue weighted by Crippen LogP contribution is 2.17. The Morgan fingerprint density at radius 1 is 1.00 bits per heavy atom. The van der Waals surface area contributed by atoms with E-state index >= 15 is 0 Å². The molecule has 0 heterocycles. The third-order valence-corrected chi connectivity index (χ3v) is 4.39. The Kier molecular flexibility index (Phi) is 12.3. The van der Waals surface area contributed by atoms with E-state index in [1.165, 1.54) is 13.0 Å². The van der Waals surface area contributed by atoms with Crippen molar-refractivity contribution in [3.63, 3.8) is 0 Å². The molecule has 21 heavy (non-hydrogen) atoms. The second-order valence-electron chi connectivity index (χ2n) is 6.41. The minimum atomic E-state index is -0.0704. The highest BCUT2D eigenvalue weighted by Gasteiger charge is 2.25. The zero-order valence-electron chi connectivity index (χ0n) is 15.1. The molecule has 1 unspecified atom stereocenters. The molecule has 0 saturated carbocycles. The number of hydrogen-bond donors (Lipinski definition) is 2. The summed E-state index contributed by atoms with van der Waals surface area (Å²) in [6.07, 6.45) is 5.56. The highest BCUT2D eigenvalue weighted by molar-refractivity contribution is 4.86. The molecule has 0 fully saturated rings. The lowest BCUT2D eigenvalue weighted by Gasteiger charge is -2.33. The van der Waals surface area contributed by atoms with Gasteiger partial charge in [0.2, 0.25) is 0 Å². The summed E-state index contributed by atoms with van der Waals surface area (Å²) in [4.78, 5) is 4.78. The van der Waals surface area contributed by atoms with Gasteiger partial charge in [0.25, 0.3) is 0 Å². The minimum absolute atomic E-state index is 0.0704. The second-order valence-corrected chi connectivity index (χ2v) is 6.41. The zero-order valence-corrected chi connectivity index (χ0v) is 15.1. The lowest BCUT2D eigenvalue weighted by Crippen LogP contribution is -2.48. The molecule has 0 aromatic carbocycles. The molecular weight excluding hydrogens is 262 g/mol. The summed E-state index contributed by atoms with van der Waals surface area (Å²) in [5.74, 6) is 0. The van der Waals surface area contributed by atoms with Crippen molar-refractivity contribution < 1.29 is 5.11 Å². The molecule has 4 nitrogen and oxygen atoms in total. The van der Waals surface area contributed by atoms with E-state index in [4.69, 9.17) is 0 Å². The van der Waals surface area contributed by atoms with Crippen LogP contribution in [0.25, 0.3) is 0 Å². The third kappa shape index (κ3) is 9.46. The summed E-state index contributed by atoms with van der Waals surface area (Å²) < 4.78 is 0. The molecule has 0 amide bonds. The number of aliphatic hydroxyl groups is 1. The van der Waals surface area contributed by atoms with Crippen molar-refractivity contribution in [1.82, 2.24) is 15.1 Å². The molecule has 0 aliphatic carbocycles. The maximum atomic E-state index is 9.75. The van der Waals surface area contributed by atoms with E-state index in [2.05, 4.69) is 50.0 Å². The molecule has 0 rings (SSSR count). The van der Waals surface area contributed by atoms with E-state index in [1.807, 2.05) is 0 Å². The number of nitrogens with one attached hydrogen (secondary N) is 1. The Balaban J connectivity index is 4.08. The van der Waals surface area contributed by atoms with Gasteiger partial charge >= 0.3 is 0 Å². The van der Waals surface area contributed by atoms with Gasteiger partial charge in [-0.15, -0.1) is 0 Å². The monoisotopic (exact) mass is 301 g/mol. The van der Waals surface area contributed by atoms with E-state index in [0.717, 1.165) is 51.9 Å². The van der Waals surface area contributed by atoms with Gasteiger partial charge in [0.15, 0.2) is 0 Å². The van der Waals surface area contributed by atoms with Gasteiger partial charge in [0.05, 0.1) is 6.61 Å². The van der Waals surface area contributed by atoms with Crippen molar-refractivity contribution >= 4 is 0 Å². The molecule has 0 spiro atoms. The van der Waals surface area contributed by atoms with Crippen LogP contribution in [0, 0.1) is 0 Å². The normalized spacial score (nSPS) is 14.9. The maximum absolute atomic E-state index is 9.75. The van der Waals surface area contributed by atoms with Gasteiger partial charge in [-0.3, -0.25) is 0 Å². The Labute approximate surface area is 132 Å². The third-order valence-electron chi connectivity index (χ3n) is 4.39. The van der Waals surface area contributed by atoms with Gasteiger partial charge in [-0.1, -0.05) is 20.8 Å². The maximum Gasteiger partial charge on any atom is 0.0613 e. The summed E-state index contributed by atoms with van der Waals surface area (Å²) in [7, 11) is 4.26. The average Bonchev–Trinajstić information content (AvgIpc) is 2.49. The quantitative estimate of drug-likeness (QED) is 0.516. The predicted octanol–water partition coefficient (Wildman–Crippen LogP) is 2.18. The average molecular weight is 302 g/mol. The fourth-order valence-electron chi connectivity index (χ4n) is 2.71.